The largest absolute Gasteiger partial charge is 0.417 e. The zero-order valence-electron chi connectivity index (χ0n) is 6.83. The van der Waals surface area contributed by atoms with Crippen molar-refractivity contribution >= 4 is 44.4 Å². The molecule has 1 aromatic carbocycles. The van der Waals surface area contributed by atoms with Crippen LogP contribution in [-0.2, 0) is 6.18 Å². The summed E-state index contributed by atoms with van der Waals surface area (Å²) in [5, 5.41) is -1.25. The van der Waals surface area contributed by atoms with Gasteiger partial charge < -0.3 is 0 Å². The van der Waals surface area contributed by atoms with E-state index < -0.39 is 17.0 Å². The predicted molar refractivity (Wildman–Crippen MR) is 54.3 cm³/mol. The topological polar surface area (TPSA) is 17.1 Å². The molecule has 15 heavy (non-hydrogen) atoms. The van der Waals surface area contributed by atoms with E-state index in [1.807, 2.05) is 0 Å². The first-order chi connectivity index (χ1) is 6.75. The van der Waals surface area contributed by atoms with Gasteiger partial charge in [0.05, 0.1) is 16.1 Å². The molecule has 0 fully saturated rings. The SMILES string of the molecule is O=C(Cl)c1ccc(C(F)(F)F)c(Br)c1Cl. The first-order valence-corrected chi connectivity index (χ1v) is 5.05. The minimum absolute atomic E-state index is 0.168. The van der Waals surface area contributed by atoms with Crippen LogP contribution in [0.1, 0.15) is 15.9 Å². The standard InChI is InChI=1S/C8H2BrCl2F3O/c9-5-4(8(12,13)14)2-1-3(6(5)10)7(11)15/h1-2H. The highest BCUT2D eigenvalue weighted by Gasteiger charge is 2.34. The molecule has 0 unspecified atom stereocenters. The van der Waals surface area contributed by atoms with Crippen LogP contribution in [0.2, 0.25) is 5.02 Å². The van der Waals surface area contributed by atoms with Gasteiger partial charge in [-0.25, -0.2) is 0 Å². The number of hydrogen-bond acceptors (Lipinski definition) is 1. The van der Waals surface area contributed by atoms with Crippen LogP contribution >= 0.6 is 39.1 Å². The maximum Gasteiger partial charge on any atom is 0.417 e. The van der Waals surface area contributed by atoms with Crippen molar-refractivity contribution in [2.75, 3.05) is 0 Å². The van der Waals surface area contributed by atoms with Crippen molar-refractivity contribution in [1.82, 2.24) is 0 Å². The van der Waals surface area contributed by atoms with Crippen LogP contribution in [-0.4, -0.2) is 5.24 Å². The van der Waals surface area contributed by atoms with Crippen LogP contribution in [0.4, 0.5) is 13.2 Å². The number of carbonyl (C=O) groups excluding carboxylic acids is 1. The maximum atomic E-state index is 12.4. The quantitative estimate of drug-likeness (QED) is 0.696. The number of benzene rings is 1. The smallest absolute Gasteiger partial charge is 0.276 e. The van der Waals surface area contributed by atoms with Crippen molar-refractivity contribution in [2.45, 2.75) is 6.18 Å². The van der Waals surface area contributed by atoms with Gasteiger partial charge in [-0.05, 0) is 39.7 Å². The molecule has 0 atom stereocenters. The van der Waals surface area contributed by atoms with E-state index in [4.69, 9.17) is 23.2 Å². The molecular weight excluding hydrogens is 320 g/mol. The summed E-state index contributed by atoms with van der Waals surface area (Å²) in [6.07, 6.45) is -4.53. The van der Waals surface area contributed by atoms with E-state index >= 15 is 0 Å². The second-order valence-corrected chi connectivity index (χ2v) is 4.07. The van der Waals surface area contributed by atoms with Crippen LogP contribution in [0.15, 0.2) is 16.6 Å². The summed E-state index contributed by atoms with van der Waals surface area (Å²) in [5.41, 5.74) is -1.12. The first-order valence-electron chi connectivity index (χ1n) is 3.50. The normalized spacial score (nSPS) is 11.6. The lowest BCUT2D eigenvalue weighted by molar-refractivity contribution is -0.138. The second-order valence-electron chi connectivity index (χ2n) is 2.56. The van der Waals surface area contributed by atoms with Crippen molar-refractivity contribution in [3.63, 3.8) is 0 Å². The van der Waals surface area contributed by atoms with Gasteiger partial charge in [-0.1, -0.05) is 11.6 Å². The van der Waals surface area contributed by atoms with Gasteiger partial charge in [-0.2, -0.15) is 13.2 Å². The molecular formula is C8H2BrCl2F3O. The van der Waals surface area contributed by atoms with Crippen molar-refractivity contribution in [1.29, 1.82) is 0 Å². The van der Waals surface area contributed by atoms with Gasteiger partial charge in [-0.15, -0.1) is 0 Å². The number of rotatable bonds is 1. The summed E-state index contributed by atoms with van der Waals surface area (Å²) in [6.45, 7) is 0. The van der Waals surface area contributed by atoms with Crippen LogP contribution in [0.5, 0.6) is 0 Å². The van der Waals surface area contributed by atoms with Crippen molar-refractivity contribution < 1.29 is 18.0 Å². The minimum atomic E-state index is -4.53. The Hall–Kier alpha value is -0.260. The summed E-state index contributed by atoms with van der Waals surface area (Å²) < 4.78 is 36.7. The molecule has 0 N–H and O–H groups in total. The molecule has 7 heteroatoms. The first kappa shape index (κ1) is 12.8. The van der Waals surface area contributed by atoms with Crippen molar-refractivity contribution in [3.8, 4) is 0 Å². The number of carbonyl (C=O) groups is 1. The van der Waals surface area contributed by atoms with Crippen molar-refractivity contribution in [3.05, 3.63) is 32.8 Å². The average Bonchev–Trinajstić information content (AvgIpc) is 2.06. The highest BCUT2D eigenvalue weighted by atomic mass is 79.9. The zero-order valence-corrected chi connectivity index (χ0v) is 9.93. The van der Waals surface area contributed by atoms with Gasteiger partial charge in [0, 0.05) is 4.47 Å². The van der Waals surface area contributed by atoms with Crippen LogP contribution in [0, 0.1) is 0 Å². The van der Waals surface area contributed by atoms with Gasteiger partial charge in [0.2, 0.25) is 0 Å². The van der Waals surface area contributed by atoms with E-state index in [0.29, 0.717) is 0 Å². The maximum absolute atomic E-state index is 12.4. The molecule has 0 aromatic heterocycles. The van der Waals surface area contributed by atoms with Crippen LogP contribution in [0.3, 0.4) is 0 Å². The Morgan fingerprint density at radius 1 is 1.33 bits per heavy atom. The predicted octanol–water partition coefficient (Wildman–Crippen LogP) is 4.50. The molecule has 0 radical (unpaired) electrons. The van der Waals surface area contributed by atoms with Crippen molar-refractivity contribution in [2.24, 2.45) is 0 Å². The molecule has 0 aliphatic rings. The second kappa shape index (κ2) is 4.31. The summed E-state index contributed by atoms with van der Waals surface area (Å²) in [6, 6.07) is 1.68. The van der Waals surface area contributed by atoms with Gasteiger partial charge in [0.1, 0.15) is 0 Å². The highest BCUT2D eigenvalue weighted by molar-refractivity contribution is 9.10. The lowest BCUT2D eigenvalue weighted by Crippen LogP contribution is -2.07. The Morgan fingerprint density at radius 3 is 2.27 bits per heavy atom. The highest BCUT2D eigenvalue weighted by Crippen LogP contribution is 2.39. The molecule has 0 aliphatic heterocycles. The Bertz CT molecular complexity index is 417. The Kier molecular flexibility index (Phi) is 3.68. The zero-order chi connectivity index (χ0) is 11.8. The molecule has 0 bridgehead atoms. The third-order valence-corrected chi connectivity index (χ3v) is 3.25. The monoisotopic (exact) mass is 320 g/mol. The van der Waals surface area contributed by atoms with Gasteiger partial charge in [0.15, 0.2) is 0 Å². The van der Waals surface area contributed by atoms with E-state index in [-0.39, 0.29) is 15.1 Å². The molecule has 0 heterocycles. The van der Waals surface area contributed by atoms with E-state index in [0.717, 1.165) is 12.1 Å². The Labute approximate surface area is 101 Å². The van der Waals surface area contributed by atoms with Crippen LogP contribution < -0.4 is 0 Å². The van der Waals surface area contributed by atoms with E-state index in [1.165, 1.54) is 0 Å². The summed E-state index contributed by atoms with van der Waals surface area (Å²) >= 11 is 13.3. The molecule has 82 valence electrons. The van der Waals surface area contributed by atoms with E-state index in [2.05, 4.69) is 15.9 Å². The number of alkyl halides is 3. The van der Waals surface area contributed by atoms with E-state index in [9.17, 15) is 18.0 Å². The lowest BCUT2D eigenvalue weighted by atomic mass is 10.1. The molecule has 0 aliphatic carbocycles. The third kappa shape index (κ3) is 2.65. The minimum Gasteiger partial charge on any atom is -0.276 e. The van der Waals surface area contributed by atoms with Crippen LogP contribution in [0.25, 0.3) is 0 Å². The molecule has 1 aromatic rings. The molecule has 0 saturated carbocycles. The summed E-state index contributed by atoms with van der Waals surface area (Å²) in [4.78, 5) is 10.8. The molecule has 0 amide bonds. The fourth-order valence-electron chi connectivity index (χ4n) is 0.920. The fraction of sp³-hybridized carbons (Fsp3) is 0.125. The average molecular weight is 322 g/mol. The summed E-state index contributed by atoms with van der Waals surface area (Å²) in [5.74, 6) is 0. The number of halogens is 6. The van der Waals surface area contributed by atoms with Gasteiger partial charge >= 0.3 is 6.18 Å². The fourth-order valence-corrected chi connectivity index (χ4v) is 1.95. The Balaban J connectivity index is 3.41. The summed E-state index contributed by atoms with van der Waals surface area (Å²) in [7, 11) is 0. The number of hydrogen-bond donors (Lipinski definition) is 0. The third-order valence-electron chi connectivity index (χ3n) is 1.60. The van der Waals surface area contributed by atoms with Gasteiger partial charge in [0.25, 0.3) is 5.24 Å². The molecule has 0 spiro atoms. The molecule has 0 saturated heterocycles. The Morgan fingerprint density at radius 2 is 1.87 bits per heavy atom. The lowest BCUT2D eigenvalue weighted by Gasteiger charge is -2.11. The van der Waals surface area contributed by atoms with Gasteiger partial charge in [-0.3, -0.25) is 4.79 Å². The van der Waals surface area contributed by atoms with E-state index in [1.54, 1.807) is 0 Å². The molecule has 1 nitrogen and oxygen atoms in total. The molecule has 1 rings (SSSR count).